The summed E-state index contributed by atoms with van der Waals surface area (Å²) in [5.74, 6) is 0.0431. The van der Waals surface area contributed by atoms with Crippen molar-refractivity contribution in [2.75, 3.05) is 14.1 Å². The third-order valence-corrected chi connectivity index (χ3v) is 2.75. The molecule has 3 heteroatoms. The summed E-state index contributed by atoms with van der Waals surface area (Å²) in [4.78, 5) is 13.5. The van der Waals surface area contributed by atoms with E-state index in [1.165, 1.54) is 0 Å². The predicted molar refractivity (Wildman–Crippen MR) is 68.5 cm³/mol. The van der Waals surface area contributed by atoms with Crippen LogP contribution in [0.15, 0.2) is 42.7 Å². The van der Waals surface area contributed by atoms with Crippen molar-refractivity contribution >= 4 is 5.91 Å². The van der Waals surface area contributed by atoms with Crippen molar-refractivity contribution in [2.24, 2.45) is 0 Å². The quantitative estimate of drug-likeness (QED) is 0.775. The van der Waals surface area contributed by atoms with Gasteiger partial charge in [-0.3, -0.25) is 4.79 Å². The summed E-state index contributed by atoms with van der Waals surface area (Å²) in [7, 11) is 3.53. The summed E-state index contributed by atoms with van der Waals surface area (Å²) in [6.07, 6.45) is 3.98. The van der Waals surface area contributed by atoms with Crippen molar-refractivity contribution in [1.29, 1.82) is 0 Å². The Balaban J connectivity index is 2.39. The fraction of sp³-hybridized carbons (Fsp3) is 0.214. The summed E-state index contributed by atoms with van der Waals surface area (Å²) in [5.41, 5.74) is 2.82. The van der Waals surface area contributed by atoms with Gasteiger partial charge in [-0.25, -0.2) is 0 Å². The van der Waals surface area contributed by atoms with E-state index in [0.717, 1.165) is 16.8 Å². The number of hydrogen-bond acceptors (Lipinski definition) is 1. The fourth-order valence-corrected chi connectivity index (χ4v) is 1.80. The van der Waals surface area contributed by atoms with Gasteiger partial charge in [0.2, 0.25) is 0 Å². The Hall–Kier alpha value is -2.03. The smallest absolute Gasteiger partial charge is 0.253 e. The summed E-state index contributed by atoms with van der Waals surface area (Å²) >= 11 is 0. The van der Waals surface area contributed by atoms with Crippen molar-refractivity contribution in [1.82, 2.24) is 9.47 Å². The lowest BCUT2D eigenvalue weighted by Gasteiger charge is -2.13. The molecule has 1 aromatic heterocycles. The molecule has 0 aliphatic heterocycles. The van der Waals surface area contributed by atoms with Crippen molar-refractivity contribution in [3.05, 3.63) is 53.9 Å². The van der Waals surface area contributed by atoms with Gasteiger partial charge in [-0.2, -0.15) is 0 Å². The second kappa shape index (κ2) is 4.45. The van der Waals surface area contributed by atoms with Crippen LogP contribution in [0.25, 0.3) is 5.69 Å². The number of amides is 1. The van der Waals surface area contributed by atoms with Gasteiger partial charge in [0.15, 0.2) is 0 Å². The SMILES string of the molecule is Cc1cc(-n2cccc2)ccc1C(=O)N(C)C. The molecule has 2 aromatic rings. The van der Waals surface area contributed by atoms with E-state index in [0.29, 0.717) is 0 Å². The molecule has 0 radical (unpaired) electrons. The largest absolute Gasteiger partial charge is 0.345 e. The van der Waals surface area contributed by atoms with Crippen LogP contribution < -0.4 is 0 Å². The fourth-order valence-electron chi connectivity index (χ4n) is 1.80. The van der Waals surface area contributed by atoms with E-state index in [9.17, 15) is 4.79 Å². The number of carbonyl (C=O) groups excluding carboxylic acids is 1. The highest BCUT2D eigenvalue weighted by Gasteiger charge is 2.11. The summed E-state index contributed by atoms with van der Waals surface area (Å²) < 4.78 is 2.02. The van der Waals surface area contributed by atoms with Gasteiger partial charge >= 0.3 is 0 Å². The second-order valence-electron chi connectivity index (χ2n) is 4.29. The van der Waals surface area contributed by atoms with E-state index >= 15 is 0 Å². The Morgan fingerprint density at radius 3 is 2.35 bits per heavy atom. The van der Waals surface area contributed by atoms with Crippen LogP contribution in [0.1, 0.15) is 15.9 Å². The van der Waals surface area contributed by atoms with Crippen LogP contribution in [0.4, 0.5) is 0 Å². The number of rotatable bonds is 2. The summed E-state index contributed by atoms with van der Waals surface area (Å²) in [6.45, 7) is 1.96. The zero-order valence-electron chi connectivity index (χ0n) is 10.3. The first-order valence-corrected chi connectivity index (χ1v) is 5.55. The first-order chi connectivity index (χ1) is 8.09. The molecule has 2 rings (SSSR count). The minimum absolute atomic E-state index is 0.0431. The molecule has 0 unspecified atom stereocenters. The van der Waals surface area contributed by atoms with Crippen molar-refractivity contribution < 1.29 is 4.79 Å². The Morgan fingerprint density at radius 1 is 1.18 bits per heavy atom. The lowest BCUT2D eigenvalue weighted by molar-refractivity contribution is 0.0827. The average Bonchev–Trinajstić information content (AvgIpc) is 2.81. The normalized spacial score (nSPS) is 10.3. The van der Waals surface area contributed by atoms with Crippen LogP contribution in [0, 0.1) is 6.92 Å². The van der Waals surface area contributed by atoms with Gasteiger partial charge in [-0.05, 0) is 42.8 Å². The Labute approximate surface area is 101 Å². The number of nitrogens with zero attached hydrogens (tertiary/aromatic N) is 2. The zero-order valence-corrected chi connectivity index (χ0v) is 10.3. The van der Waals surface area contributed by atoms with Crippen molar-refractivity contribution in [2.45, 2.75) is 6.92 Å². The van der Waals surface area contributed by atoms with Gasteiger partial charge < -0.3 is 9.47 Å². The minimum Gasteiger partial charge on any atom is -0.345 e. The standard InChI is InChI=1S/C14H16N2O/c1-11-10-12(16-8-4-5-9-16)6-7-13(11)14(17)15(2)3/h4-10H,1-3H3. The summed E-state index contributed by atoms with van der Waals surface area (Å²) in [5, 5.41) is 0. The molecule has 0 saturated carbocycles. The molecule has 3 nitrogen and oxygen atoms in total. The first kappa shape index (κ1) is 11.5. The molecule has 0 aliphatic rings. The van der Waals surface area contributed by atoms with Crippen LogP contribution in [0.2, 0.25) is 0 Å². The Kier molecular flexibility index (Phi) is 3.00. The molecular formula is C14H16N2O. The topological polar surface area (TPSA) is 25.2 Å². The first-order valence-electron chi connectivity index (χ1n) is 5.55. The van der Waals surface area contributed by atoms with Gasteiger partial charge in [0.05, 0.1) is 0 Å². The van der Waals surface area contributed by atoms with Crippen LogP contribution in [0.3, 0.4) is 0 Å². The Bertz CT molecular complexity index is 527. The molecule has 17 heavy (non-hydrogen) atoms. The molecule has 0 atom stereocenters. The number of benzene rings is 1. The maximum atomic E-state index is 11.9. The molecule has 0 bridgehead atoms. The van der Waals surface area contributed by atoms with Crippen LogP contribution >= 0.6 is 0 Å². The molecule has 0 aliphatic carbocycles. The summed E-state index contributed by atoms with van der Waals surface area (Å²) in [6, 6.07) is 9.83. The molecule has 1 heterocycles. The molecule has 88 valence electrons. The molecule has 1 aromatic carbocycles. The van der Waals surface area contributed by atoms with Gasteiger partial charge in [-0.1, -0.05) is 0 Å². The van der Waals surface area contributed by atoms with E-state index in [4.69, 9.17) is 0 Å². The molecule has 0 fully saturated rings. The second-order valence-corrected chi connectivity index (χ2v) is 4.29. The van der Waals surface area contributed by atoms with E-state index in [1.54, 1.807) is 19.0 Å². The zero-order chi connectivity index (χ0) is 12.4. The Morgan fingerprint density at radius 2 is 1.82 bits per heavy atom. The molecule has 0 N–H and O–H groups in total. The van der Waals surface area contributed by atoms with E-state index in [-0.39, 0.29) is 5.91 Å². The van der Waals surface area contributed by atoms with E-state index in [1.807, 2.05) is 54.2 Å². The van der Waals surface area contributed by atoms with Gasteiger partial charge in [-0.15, -0.1) is 0 Å². The van der Waals surface area contributed by atoms with Gasteiger partial charge in [0.25, 0.3) is 5.91 Å². The highest BCUT2D eigenvalue weighted by atomic mass is 16.2. The average molecular weight is 228 g/mol. The van der Waals surface area contributed by atoms with Crippen molar-refractivity contribution in [3.8, 4) is 5.69 Å². The number of hydrogen-bond donors (Lipinski definition) is 0. The van der Waals surface area contributed by atoms with Crippen LogP contribution in [-0.4, -0.2) is 29.5 Å². The third-order valence-electron chi connectivity index (χ3n) is 2.75. The van der Waals surface area contributed by atoms with E-state index in [2.05, 4.69) is 0 Å². The number of carbonyl (C=O) groups is 1. The van der Waals surface area contributed by atoms with Gasteiger partial charge in [0, 0.05) is 37.7 Å². The lowest BCUT2D eigenvalue weighted by atomic mass is 10.1. The monoisotopic (exact) mass is 228 g/mol. The molecule has 1 amide bonds. The van der Waals surface area contributed by atoms with E-state index < -0.39 is 0 Å². The van der Waals surface area contributed by atoms with Gasteiger partial charge in [0.1, 0.15) is 0 Å². The maximum Gasteiger partial charge on any atom is 0.253 e. The molecule has 0 saturated heterocycles. The third kappa shape index (κ3) is 2.23. The highest BCUT2D eigenvalue weighted by molar-refractivity contribution is 5.95. The molecule has 0 spiro atoms. The lowest BCUT2D eigenvalue weighted by Crippen LogP contribution is -2.22. The minimum atomic E-state index is 0.0431. The predicted octanol–water partition coefficient (Wildman–Crippen LogP) is 2.49. The van der Waals surface area contributed by atoms with Crippen molar-refractivity contribution in [3.63, 3.8) is 0 Å². The number of aryl methyl sites for hydroxylation is 1. The number of aromatic nitrogens is 1. The molecular weight excluding hydrogens is 212 g/mol. The van der Waals surface area contributed by atoms with Crippen LogP contribution in [-0.2, 0) is 0 Å². The van der Waals surface area contributed by atoms with Crippen LogP contribution in [0.5, 0.6) is 0 Å². The highest BCUT2D eigenvalue weighted by Crippen LogP contribution is 2.16. The maximum absolute atomic E-state index is 11.9.